The van der Waals surface area contributed by atoms with Crippen LogP contribution in [-0.2, 0) is 0 Å². The van der Waals surface area contributed by atoms with Gasteiger partial charge in [-0.2, -0.15) is 0 Å². The van der Waals surface area contributed by atoms with Crippen LogP contribution in [0, 0.1) is 0 Å². The van der Waals surface area contributed by atoms with Crippen LogP contribution in [0.5, 0.6) is 11.5 Å². The Morgan fingerprint density at radius 3 is 2.60 bits per heavy atom. The second kappa shape index (κ2) is 5.78. The summed E-state index contributed by atoms with van der Waals surface area (Å²) < 4.78 is 11.2. The fourth-order valence-corrected chi connectivity index (χ4v) is 1.74. The Hall–Kier alpha value is -1.00. The molecular formula is C11H13BrO3. The van der Waals surface area contributed by atoms with Crippen LogP contribution in [0.1, 0.15) is 5.56 Å². The maximum absolute atomic E-state index is 8.72. The summed E-state index contributed by atoms with van der Waals surface area (Å²) in [5, 5.41) is 8.72. The molecule has 4 heteroatoms. The van der Waals surface area contributed by atoms with Gasteiger partial charge in [-0.1, -0.05) is 12.2 Å². The maximum Gasteiger partial charge on any atom is 0.130 e. The van der Waals surface area contributed by atoms with E-state index in [0.29, 0.717) is 5.75 Å². The fraction of sp³-hybridized carbons (Fsp3) is 0.273. The third-order valence-electron chi connectivity index (χ3n) is 1.91. The minimum Gasteiger partial charge on any atom is -0.497 e. The Kier molecular flexibility index (Phi) is 4.65. The van der Waals surface area contributed by atoms with Crippen molar-refractivity contribution in [1.82, 2.24) is 0 Å². The third kappa shape index (κ3) is 2.97. The molecule has 0 bridgehead atoms. The molecule has 82 valence electrons. The zero-order valence-electron chi connectivity index (χ0n) is 8.66. The van der Waals surface area contributed by atoms with Crippen molar-refractivity contribution in [3.05, 3.63) is 28.2 Å². The van der Waals surface area contributed by atoms with Crippen molar-refractivity contribution in [2.24, 2.45) is 0 Å². The molecule has 0 fully saturated rings. The van der Waals surface area contributed by atoms with Crippen molar-refractivity contribution < 1.29 is 14.6 Å². The molecule has 0 saturated heterocycles. The molecule has 1 N–H and O–H groups in total. The standard InChI is InChI=1S/C11H13BrO3/c1-14-8-6-10(12)9(4-3-5-13)11(7-8)15-2/h3-4,6-7,13H,5H2,1-2H3/b4-3+. The first-order valence-corrected chi connectivity index (χ1v) is 5.21. The van der Waals surface area contributed by atoms with Crippen molar-refractivity contribution in [3.8, 4) is 11.5 Å². The Morgan fingerprint density at radius 1 is 1.33 bits per heavy atom. The number of hydrogen-bond acceptors (Lipinski definition) is 3. The predicted octanol–water partition coefficient (Wildman–Crippen LogP) is 2.47. The van der Waals surface area contributed by atoms with Crippen molar-refractivity contribution in [2.45, 2.75) is 0 Å². The van der Waals surface area contributed by atoms with E-state index >= 15 is 0 Å². The van der Waals surface area contributed by atoms with E-state index in [2.05, 4.69) is 15.9 Å². The molecule has 1 aromatic rings. The van der Waals surface area contributed by atoms with E-state index < -0.39 is 0 Å². The summed E-state index contributed by atoms with van der Waals surface area (Å²) in [6.07, 6.45) is 3.44. The molecule has 15 heavy (non-hydrogen) atoms. The van der Waals surface area contributed by atoms with Gasteiger partial charge in [0.05, 0.1) is 20.8 Å². The first kappa shape index (κ1) is 12.1. The highest BCUT2D eigenvalue weighted by atomic mass is 79.9. The predicted molar refractivity (Wildman–Crippen MR) is 63.4 cm³/mol. The monoisotopic (exact) mass is 272 g/mol. The molecule has 1 rings (SSSR count). The number of methoxy groups -OCH3 is 2. The molecule has 0 aliphatic carbocycles. The molecule has 0 aliphatic heterocycles. The van der Waals surface area contributed by atoms with Gasteiger partial charge in [0.15, 0.2) is 0 Å². The van der Waals surface area contributed by atoms with E-state index in [9.17, 15) is 0 Å². The van der Waals surface area contributed by atoms with E-state index in [1.165, 1.54) is 0 Å². The van der Waals surface area contributed by atoms with Gasteiger partial charge < -0.3 is 14.6 Å². The number of rotatable bonds is 4. The summed E-state index contributed by atoms with van der Waals surface area (Å²) in [6.45, 7) is 0.00161. The average molecular weight is 273 g/mol. The highest BCUT2D eigenvalue weighted by Crippen LogP contribution is 2.33. The van der Waals surface area contributed by atoms with Gasteiger partial charge in [-0.05, 0) is 22.0 Å². The van der Waals surface area contributed by atoms with Gasteiger partial charge in [-0.3, -0.25) is 0 Å². The van der Waals surface area contributed by atoms with Crippen LogP contribution in [0.25, 0.3) is 6.08 Å². The zero-order chi connectivity index (χ0) is 11.3. The largest absolute Gasteiger partial charge is 0.497 e. The Morgan fingerprint density at radius 2 is 2.07 bits per heavy atom. The summed E-state index contributed by atoms with van der Waals surface area (Å²) in [5.41, 5.74) is 0.882. The van der Waals surface area contributed by atoms with Gasteiger partial charge in [-0.15, -0.1) is 0 Å². The Labute approximate surface area is 97.5 Å². The highest BCUT2D eigenvalue weighted by molar-refractivity contribution is 9.10. The summed E-state index contributed by atoms with van der Waals surface area (Å²) in [4.78, 5) is 0. The number of hydrogen-bond donors (Lipinski definition) is 1. The first-order valence-electron chi connectivity index (χ1n) is 4.41. The Bertz CT molecular complexity index is 361. The maximum atomic E-state index is 8.72. The number of ether oxygens (including phenoxy) is 2. The van der Waals surface area contributed by atoms with Crippen LogP contribution in [0.3, 0.4) is 0 Å². The minimum atomic E-state index is 0.00161. The molecule has 1 aromatic carbocycles. The van der Waals surface area contributed by atoms with E-state index in [-0.39, 0.29) is 6.61 Å². The summed E-state index contributed by atoms with van der Waals surface area (Å²) in [7, 11) is 3.20. The molecule has 3 nitrogen and oxygen atoms in total. The summed E-state index contributed by atoms with van der Waals surface area (Å²) in [6, 6.07) is 3.64. The quantitative estimate of drug-likeness (QED) is 0.915. The summed E-state index contributed by atoms with van der Waals surface area (Å²) >= 11 is 3.42. The highest BCUT2D eigenvalue weighted by Gasteiger charge is 2.07. The zero-order valence-corrected chi connectivity index (χ0v) is 10.2. The normalized spacial score (nSPS) is 10.7. The molecule has 0 aromatic heterocycles. The third-order valence-corrected chi connectivity index (χ3v) is 2.57. The lowest BCUT2D eigenvalue weighted by molar-refractivity contribution is 0.343. The van der Waals surface area contributed by atoms with Crippen LogP contribution in [0.4, 0.5) is 0 Å². The molecular weight excluding hydrogens is 260 g/mol. The van der Waals surface area contributed by atoms with Crippen LogP contribution in [0.15, 0.2) is 22.7 Å². The van der Waals surface area contributed by atoms with Crippen molar-refractivity contribution in [1.29, 1.82) is 0 Å². The lowest BCUT2D eigenvalue weighted by Gasteiger charge is -2.09. The van der Waals surface area contributed by atoms with Gasteiger partial charge in [0.2, 0.25) is 0 Å². The fourth-order valence-electron chi connectivity index (χ4n) is 1.19. The van der Waals surface area contributed by atoms with Crippen molar-refractivity contribution in [2.75, 3.05) is 20.8 Å². The molecule has 0 radical (unpaired) electrons. The Balaban J connectivity index is 3.18. The van der Waals surface area contributed by atoms with Gasteiger partial charge >= 0.3 is 0 Å². The molecule has 0 spiro atoms. The lowest BCUT2D eigenvalue weighted by atomic mass is 10.2. The molecule has 0 atom stereocenters. The van der Waals surface area contributed by atoms with Gasteiger partial charge in [0, 0.05) is 16.1 Å². The molecule has 0 heterocycles. The van der Waals surface area contributed by atoms with E-state index in [1.807, 2.05) is 6.07 Å². The molecule has 0 aliphatic rings. The lowest BCUT2D eigenvalue weighted by Crippen LogP contribution is -1.91. The minimum absolute atomic E-state index is 0.00161. The number of aliphatic hydroxyl groups excluding tert-OH is 1. The van der Waals surface area contributed by atoms with Crippen LogP contribution >= 0.6 is 15.9 Å². The van der Waals surface area contributed by atoms with E-state index in [4.69, 9.17) is 14.6 Å². The average Bonchev–Trinajstić information content (AvgIpc) is 2.26. The smallest absolute Gasteiger partial charge is 0.130 e. The second-order valence-corrected chi connectivity index (χ2v) is 3.66. The molecule has 0 amide bonds. The van der Waals surface area contributed by atoms with E-state index in [0.717, 1.165) is 15.8 Å². The molecule has 0 saturated carbocycles. The van der Waals surface area contributed by atoms with Crippen molar-refractivity contribution >= 4 is 22.0 Å². The molecule has 0 unspecified atom stereocenters. The van der Waals surface area contributed by atoms with Gasteiger partial charge in [-0.25, -0.2) is 0 Å². The van der Waals surface area contributed by atoms with Gasteiger partial charge in [0.25, 0.3) is 0 Å². The first-order chi connectivity index (χ1) is 7.22. The topological polar surface area (TPSA) is 38.7 Å². The van der Waals surface area contributed by atoms with E-state index in [1.54, 1.807) is 32.4 Å². The second-order valence-electron chi connectivity index (χ2n) is 2.81. The van der Waals surface area contributed by atoms with Crippen LogP contribution in [0.2, 0.25) is 0 Å². The van der Waals surface area contributed by atoms with Gasteiger partial charge in [0.1, 0.15) is 11.5 Å². The number of benzene rings is 1. The number of aliphatic hydroxyl groups is 1. The SMILES string of the molecule is COc1cc(Br)c(/C=C/CO)c(OC)c1. The van der Waals surface area contributed by atoms with Crippen LogP contribution in [-0.4, -0.2) is 25.9 Å². The number of halogens is 1. The summed E-state index contributed by atoms with van der Waals surface area (Å²) in [5.74, 6) is 1.42. The van der Waals surface area contributed by atoms with Crippen LogP contribution < -0.4 is 9.47 Å². The van der Waals surface area contributed by atoms with Crippen molar-refractivity contribution in [3.63, 3.8) is 0 Å².